The average Bonchev–Trinajstić information content (AvgIpc) is 3.66. The van der Waals surface area contributed by atoms with E-state index in [1.807, 2.05) is 61.5 Å². The third-order valence-electron chi connectivity index (χ3n) is 6.88. The van der Waals surface area contributed by atoms with E-state index in [2.05, 4.69) is 30.8 Å². The molecule has 0 bridgehead atoms. The molecule has 0 saturated carbocycles. The molecule has 0 aliphatic heterocycles. The molecule has 0 aliphatic carbocycles. The topological polar surface area (TPSA) is 136 Å². The highest BCUT2D eigenvalue weighted by Gasteiger charge is 2.09. The second-order valence-electron chi connectivity index (χ2n) is 10.6. The number of anilines is 1. The Labute approximate surface area is 283 Å². The Morgan fingerprint density at radius 1 is 0.702 bits per heavy atom. The van der Waals surface area contributed by atoms with Gasteiger partial charge in [-0.3, -0.25) is 9.59 Å². The molecule has 0 spiro atoms. The van der Waals surface area contributed by atoms with E-state index in [9.17, 15) is 9.59 Å². The summed E-state index contributed by atoms with van der Waals surface area (Å²) >= 11 is 2.91. The van der Waals surface area contributed by atoms with Crippen molar-refractivity contribution < 1.29 is 23.8 Å². The average molecular weight is 679 g/mol. The lowest BCUT2D eigenvalue weighted by Gasteiger charge is -2.06. The van der Waals surface area contributed by atoms with Gasteiger partial charge in [0.25, 0.3) is 0 Å². The Kier molecular flexibility index (Phi) is 15.2. The monoisotopic (exact) mass is 678 g/mol. The van der Waals surface area contributed by atoms with E-state index in [1.165, 1.54) is 41.9 Å². The first-order chi connectivity index (χ1) is 23.0. The smallest absolute Gasteiger partial charge is 0.305 e. The second-order valence-corrected chi connectivity index (χ2v) is 12.6. The molecular formula is C34H42N6O5S2. The number of fused-ring (bicyclic) bond motifs is 1. The van der Waals surface area contributed by atoms with Crippen LogP contribution in [0.1, 0.15) is 71.6 Å². The number of carbonyl (C=O) groups excluding carboxylic acids is 2. The first-order valence-electron chi connectivity index (χ1n) is 16.1. The van der Waals surface area contributed by atoms with Crippen LogP contribution in [0.25, 0.3) is 9.53 Å². The zero-order valence-corrected chi connectivity index (χ0v) is 28.6. The molecule has 47 heavy (non-hydrogen) atoms. The maximum Gasteiger partial charge on any atom is 0.305 e. The van der Waals surface area contributed by atoms with Crippen molar-refractivity contribution in [3.63, 3.8) is 0 Å². The minimum Gasteiger partial charge on any atom is -0.494 e. The van der Waals surface area contributed by atoms with Crippen LogP contribution in [-0.2, 0) is 19.1 Å². The summed E-state index contributed by atoms with van der Waals surface area (Å²) in [6, 6.07) is 17.1. The maximum absolute atomic E-state index is 11.2. The normalized spacial score (nSPS) is 11.4. The Balaban J connectivity index is 1.12. The molecule has 0 fully saturated rings. The van der Waals surface area contributed by atoms with E-state index in [4.69, 9.17) is 14.2 Å². The van der Waals surface area contributed by atoms with E-state index in [0.29, 0.717) is 50.0 Å². The first-order valence-corrected chi connectivity index (χ1v) is 17.8. The van der Waals surface area contributed by atoms with E-state index in [-0.39, 0.29) is 11.9 Å². The molecule has 4 rings (SSSR count). The molecule has 4 aromatic rings. The zero-order chi connectivity index (χ0) is 33.1. The zero-order valence-electron chi connectivity index (χ0n) is 27.0. The number of esters is 2. The van der Waals surface area contributed by atoms with Crippen LogP contribution in [0, 0.1) is 0 Å². The lowest BCUT2D eigenvalue weighted by atomic mass is 10.1. The summed E-state index contributed by atoms with van der Waals surface area (Å²) in [4.78, 5) is 27.7. The van der Waals surface area contributed by atoms with Gasteiger partial charge in [0.1, 0.15) is 22.2 Å². The van der Waals surface area contributed by atoms with Crippen molar-refractivity contribution in [3.05, 3.63) is 54.6 Å². The summed E-state index contributed by atoms with van der Waals surface area (Å²) in [6.07, 6.45) is 8.60. The van der Waals surface area contributed by atoms with Crippen molar-refractivity contribution in [2.45, 2.75) is 71.6 Å². The standard InChI is InChI=1S/C34H42N6O5S2/c1-3-31(41)44-22-11-9-7-5-6-8-10-21-43-28-18-16-27(17-19-28)37-39-30-24-29-33(47-30)36-34(46-29)40-38-26-14-12-25(13-15-26)35-20-23-45-32(42)4-2/h12-19,24,35H,3-11,20-23H2,1-2H3. The van der Waals surface area contributed by atoms with Crippen LogP contribution in [0.3, 0.4) is 0 Å². The molecule has 2 aromatic carbocycles. The number of nitrogens with zero attached hydrogens (tertiary/aromatic N) is 5. The largest absolute Gasteiger partial charge is 0.494 e. The molecule has 0 amide bonds. The van der Waals surface area contributed by atoms with Crippen LogP contribution in [-0.4, -0.2) is 43.3 Å². The Morgan fingerprint density at radius 3 is 1.96 bits per heavy atom. The molecule has 2 heterocycles. The quantitative estimate of drug-likeness (QED) is 0.0526. The van der Waals surface area contributed by atoms with Gasteiger partial charge >= 0.3 is 11.9 Å². The number of benzene rings is 2. The second kappa shape index (κ2) is 20.1. The predicted octanol–water partition coefficient (Wildman–Crippen LogP) is 10.6. The summed E-state index contributed by atoms with van der Waals surface area (Å²) in [7, 11) is 0. The SMILES string of the molecule is CCC(=O)OCCCCCCCCCOc1ccc(N=Nc2cc3sc(N=Nc4ccc(NCCOC(=O)CC)cc4)nc3s2)cc1. The van der Waals surface area contributed by atoms with Crippen LogP contribution in [0.15, 0.2) is 75.1 Å². The molecule has 0 aliphatic rings. The molecule has 0 saturated heterocycles. The molecule has 0 radical (unpaired) electrons. The van der Waals surface area contributed by atoms with Gasteiger partial charge < -0.3 is 19.5 Å². The van der Waals surface area contributed by atoms with Gasteiger partial charge in [0.05, 0.1) is 29.3 Å². The third-order valence-corrected chi connectivity index (χ3v) is 8.81. The number of nitrogens with one attached hydrogen (secondary N) is 1. The van der Waals surface area contributed by atoms with E-state index in [1.54, 1.807) is 6.92 Å². The number of unbranched alkanes of at least 4 members (excludes halogenated alkanes) is 6. The fourth-order valence-electron chi connectivity index (χ4n) is 4.29. The molecule has 13 heteroatoms. The van der Waals surface area contributed by atoms with Gasteiger partial charge in [0.15, 0.2) is 0 Å². The molecule has 11 nitrogen and oxygen atoms in total. The lowest BCUT2D eigenvalue weighted by molar-refractivity contribution is -0.144. The fourth-order valence-corrected chi connectivity index (χ4v) is 6.14. The highest BCUT2D eigenvalue weighted by atomic mass is 32.1. The summed E-state index contributed by atoms with van der Waals surface area (Å²) in [5.41, 5.74) is 2.37. The number of thiazole rings is 1. The van der Waals surface area contributed by atoms with E-state index < -0.39 is 0 Å². The number of hydrogen-bond donors (Lipinski definition) is 1. The summed E-state index contributed by atoms with van der Waals surface area (Å²) < 4.78 is 17.0. The van der Waals surface area contributed by atoms with Gasteiger partial charge in [0, 0.05) is 25.1 Å². The Bertz CT molecular complexity index is 1550. The van der Waals surface area contributed by atoms with Crippen molar-refractivity contribution in [1.29, 1.82) is 0 Å². The summed E-state index contributed by atoms with van der Waals surface area (Å²) in [5, 5.41) is 21.9. The van der Waals surface area contributed by atoms with Gasteiger partial charge in [-0.05, 0) is 67.4 Å². The number of ether oxygens (including phenoxy) is 3. The van der Waals surface area contributed by atoms with Crippen LogP contribution in [0.5, 0.6) is 5.75 Å². The highest BCUT2D eigenvalue weighted by Crippen LogP contribution is 2.39. The number of thiophene rings is 1. The van der Waals surface area contributed by atoms with Crippen molar-refractivity contribution >= 4 is 71.3 Å². The highest BCUT2D eigenvalue weighted by molar-refractivity contribution is 7.30. The van der Waals surface area contributed by atoms with Crippen molar-refractivity contribution in [3.8, 4) is 5.75 Å². The van der Waals surface area contributed by atoms with Gasteiger partial charge in [-0.2, -0.15) is 0 Å². The molecule has 250 valence electrons. The number of rotatable bonds is 21. The van der Waals surface area contributed by atoms with Gasteiger partial charge in [-0.15, -0.1) is 20.5 Å². The fraction of sp³-hybridized carbons (Fsp3) is 0.441. The van der Waals surface area contributed by atoms with E-state index in [0.717, 1.165) is 57.3 Å². The first kappa shape index (κ1) is 35.6. The van der Waals surface area contributed by atoms with Crippen molar-refractivity contribution in [1.82, 2.24) is 4.98 Å². The summed E-state index contributed by atoms with van der Waals surface area (Å²) in [6.45, 7) is 5.69. The Morgan fingerprint density at radius 2 is 1.30 bits per heavy atom. The van der Waals surface area contributed by atoms with Crippen molar-refractivity contribution in [2.75, 3.05) is 31.7 Å². The maximum atomic E-state index is 11.2. The lowest BCUT2D eigenvalue weighted by Crippen LogP contribution is -2.12. The molecule has 1 N–H and O–H groups in total. The van der Waals surface area contributed by atoms with Gasteiger partial charge in [-0.25, -0.2) is 4.98 Å². The van der Waals surface area contributed by atoms with Crippen LogP contribution in [0.2, 0.25) is 0 Å². The molecular weight excluding hydrogens is 637 g/mol. The molecule has 0 unspecified atom stereocenters. The minimum atomic E-state index is -0.204. The predicted molar refractivity (Wildman–Crippen MR) is 188 cm³/mol. The Hall–Kier alpha value is -4.23. The van der Waals surface area contributed by atoms with Crippen LogP contribution < -0.4 is 10.1 Å². The number of carbonyl (C=O) groups is 2. The molecule has 0 atom stereocenters. The van der Waals surface area contributed by atoms with Crippen molar-refractivity contribution in [2.24, 2.45) is 20.5 Å². The summed E-state index contributed by atoms with van der Waals surface area (Å²) in [5.74, 6) is 0.508. The number of hydrogen-bond acceptors (Lipinski definition) is 13. The minimum absolute atomic E-state index is 0.114. The number of aromatic nitrogens is 1. The van der Waals surface area contributed by atoms with E-state index >= 15 is 0 Å². The van der Waals surface area contributed by atoms with Gasteiger partial charge in [0.2, 0.25) is 5.13 Å². The van der Waals surface area contributed by atoms with Crippen LogP contribution >= 0.6 is 22.7 Å². The third kappa shape index (κ3) is 13.2. The van der Waals surface area contributed by atoms with Crippen LogP contribution in [0.4, 0.5) is 27.2 Å². The van der Waals surface area contributed by atoms with Gasteiger partial charge in [-0.1, -0.05) is 68.6 Å². The molecule has 2 aromatic heterocycles. The number of azo groups is 2.